The van der Waals surface area contributed by atoms with Gasteiger partial charge in [0.1, 0.15) is 0 Å². The Morgan fingerprint density at radius 2 is 1.09 bits per heavy atom. The average molecular weight is 461 g/mol. The van der Waals surface area contributed by atoms with Gasteiger partial charge in [0.05, 0.1) is 0 Å². The molecule has 2 aromatic carbocycles. The number of anilines is 1. The smallest absolute Gasteiger partial charge is 0.366 e. The van der Waals surface area contributed by atoms with Crippen molar-refractivity contribution < 1.29 is 17.4 Å². The van der Waals surface area contributed by atoms with Gasteiger partial charge in [0.25, 0.3) is 0 Å². The molecule has 176 valence electrons. The minimum absolute atomic E-state index is 0.0549. The second-order valence-electron chi connectivity index (χ2n) is 9.29. The molecule has 0 spiro atoms. The number of hydrogen-bond acceptors (Lipinski definition) is 4. The second kappa shape index (κ2) is 10.4. The van der Waals surface area contributed by atoms with E-state index in [0.717, 1.165) is 22.3 Å². The van der Waals surface area contributed by atoms with Crippen molar-refractivity contribution in [3.63, 3.8) is 0 Å². The van der Waals surface area contributed by atoms with Crippen LogP contribution in [-0.4, -0.2) is 14.4 Å². The highest BCUT2D eigenvalue weighted by molar-refractivity contribution is 7.85. The van der Waals surface area contributed by atoms with Crippen molar-refractivity contribution in [1.29, 1.82) is 0 Å². The van der Waals surface area contributed by atoms with Gasteiger partial charge in [-0.2, -0.15) is 8.42 Å². The molecular formula is C25H36N2O4S. The SMILES string of the molecule is CC(C)c1cccc(C(C)C)c1NC(=O)NS(=O)(=O)Oc1c(C(C)C)cccc1C(C)C. The fourth-order valence-electron chi connectivity index (χ4n) is 3.66. The summed E-state index contributed by atoms with van der Waals surface area (Å²) in [6, 6.07) is 10.5. The summed E-state index contributed by atoms with van der Waals surface area (Å²) in [4.78, 5) is 12.7. The van der Waals surface area contributed by atoms with Gasteiger partial charge in [-0.15, -0.1) is 0 Å². The molecule has 2 N–H and O–H groups in total. The van der Waals surface area contributed by atoms with Gasteiger partial charge in [0.15, 0.2) is 5.75 Å². The highest BCUT2D eigenvalue weighted by Gasteiger charge is 2.24. The van der Waals surface area contributed by atoms with Crippen LogP contribution in [0.2, 0.25) is 0 Å². The van der Waals surface area contributed by atoms with Crippen LogP contribution in [0.3, 0.4) is 0 Å². The van der Waals surface area contributed by atoms with E-state index >= 15 is 0 Å². The molecule has 7 heteroatoms. The quantitative estimate of drug-likeness (QED) is 0.463. The number of amides is 2. The van der Waals surface area contributed by atoms with Crippen LogP contribution >= 0.6 is 0 Å². The molecule has 6 nitrogen and oxygen atoms in total. The molecule has 0 saturated carbocycles. The molecular weight excluding hydrogens is 424 g/mol. The molecule has 0 atom stereocenters. The number of rotatable bonds is 8. The number of nitrogens with one attached hydrogen (secondary N) is 2. The molecule has 0 fully saturated rings. The van der Waals surface area contributed by atoms with Gasteiger partial charge in [-0.3, -0.25) is 0 Å². The Morgan fingerprint density at radius 1 is 0.719 bits per heavy atom. The summed E-state index contributed by atoms with van der Waals surface area (Å²) in [7, 11) is -4.39. The van der Waals surface area contributed by atoms with Gasteiger partial charge in [0, 0.05) is 5.69 Å². The minimum Gasteiger partial charge on any atom is -0.366 e. The lowest BCUT2D eigenvalue weighted by Crippen LogP contribution is -2.38. The van der Waals surface area contributed by atoms with Gasteiger partial charge in [-0.25, -0.2) is 9.52 Å². The van der Waals surface area contributed by atoms with Crippen molar-refractivity contribution in [2.45, 2.75) is 79.1 Å². The predicted molar refractivity (Wildman–Crippen MR) is 131 cm³/mol. The van der Waals surface area contributed by atoms with Crippen LogP contribution in [0.1, 0.15) is 101 Å². The molecule has 0 radical (unpaired) electrons. The maximum absolute atomic E-state index is 12.8. The highest BCUT2D eigenvalue weighted by Crippen LogP contribution is 2.35. The van der Waals surface area contributed by atoms with Gasteiger partial charge >= 0.3 is 16.3 Å². The Labute approximate surface area is 193 Å². The molecule has 0 aliphatic carbocycles. The van der Waals surface area contributed by atoms with Crippen LogP contribution in [0.25, 0.3) is 0 Å². The molecule has 32 heavy (non-hydrogen) atoms. The van der Waals surface area contributed by atoms with Crippen molar-refractivity contribution in [3.8, 4) is 5.75 Å². The van der Waals surface area contributed by atoms with Crippen LogP contribution in [-0.2, 0) is 10.3 Å². The van der Waals surface area contributed by atoms with Crippen LogP contribution < -0.4 is 14.2 Å². The molecule has 0 bridgehead atoms. The fraction of sp³-hybridized carbons (Fsp3) is 0.480. The Kier molecular flexibility index (Phi) is 8.35. The predicted octanol–water partition coefficient (Wildman–Crippen LogP) is 6.63. The largest absolute Gasteiger partial charge is 0.411 e. The molecule has 0 saturated heterocycles. The third kappa shape index (κ3) is 6.25. The Morgan fingerprint density at radius 3 is 1.47 bits per heavy atom. The summed E-state index contributed by atoms with van der Waals surface area (Å²) in [6.45, 7) is 16.0. The second-order valence-corrected chi connectivity index (χ2v) is 10.6. The first-order valence-electron chi connectivity index (χ1n) is 11.1. The molecule has 0 aromatic heterocycles. The number of hydrogen-bond donors (Lipinski definition) is 2. The Balaban J connectivity index is 2.33. The summed E-state index contributed by atoms with van der Waals surface area (Å²) in [5.41, 5.74) is 4.06. The van der Waals surface area contributed by atoms with E-state index in [0.29, 0.717) is 5.69 Å². The molecule has 0 aliphatic rings. The Hall–Kier alpha value is -2.54. The summed E-state index contributed by atoms with van der Waals surface area (Å²) < 4.78 is 33.1. The summed E-state index contributed by atoms with van der Waals surface area (Å²) in [5, 5.41) is 2.75. The van der Waals surface area contributed by atoms with E-state index in [1.54, 1.807) is 0 Å². The van der Waals surface area contributed by atoms with E-state index < -0.39 is 16.3 Å². The third-order valence-corrected chi connectivity index (χ3v) is 6.16. The van der Waals surface area contributed by atoms with E-state index in [2.05, 4.69) is 5.32 Å². The topological polar surface area (TPSA) is 84.5 Å². The lowest BCUT2D eigenvalue weighted by Gasteiger charge is -2.21. The highest BCUT2D eigenvalue weighted by atomic mass is 32.2. The van der Waals surface area contributed by atoms with E-state index in [1.165, 1.54) is 0 Å². The van der Waals surface area contributed by atoms with E-state index in [-0.39, 0.29) is 29.4 Å². The maximum Gasteiger partial charge on any atom is 0.411 e. The standard InChI is InChI=1S/C25H36N2O4S/c1-15(2)19-11-9-12-20(16(3)4)23(19)26-25(28)27-32(29,30)31-24-21(17(5)6)13-10-14-22(24)18(7)8/h9-18H,1-8H3,(H2,26,27,28). The van der Waals surface area contributed by atoms with Crippen molar-refractivity contribution in [3.05, 3.63) is 58.7 Å². The third-order valence-electron chi connectivity index (χ3n) is 5.34. The van der Waals surface area contributed by atoms with Crippen LogP contribution in [0.4, 0.5) is 10.5 Å². The normalized spacial score (nSPS) is 12.0. The van der Waals surface area contributed by atoms with Crippen molar-refractivity contribution in [1.82, 2.24) is 4.72 Å². The van der Waals surface area contributed by atoms with E-state index in [4.69, 9.17) is 4.18 Å². The van der Waals surface area contributed by atoms with Gasteiger partial charge in [-0.05, 0) is 45.9 Å². The average Bonchev–Trinajstić information content (AvgIpc) is 2.66. The van der Waals surface area contributed by atoms with Crippen molar-refractivity contribution in [2.24, 2.45) is 0 Å². The van der Waals surface area contributed by atoms with Crippen molar-refractivity contribution in [2.75, 3.05) is 5.32 Å². The lowest BCUT2D eigenvalue weighted by atomic mass is 9.93. The number of para-hydroxylation sites is 2. The Bertz CT molecular complexity index is 1010. The van der Waals surface area contributed by atoms with Crippen LogP contribution in [0.5, 0.6) is 5.75 Å². The van der Waals surface area contributed by atoms with Gasteiger partial charge in [0.2, 0.25) is 0 Å². The zero-order valence-electron chi connectivity index (χ0n) is 20.3. The van der Waals surface area contributed by atoms with E-state index in [1.807, 2.05) is 96.5 Å². The number of urea groups is 1. The summed E-state index contributed by atoms with van der Waals surface area (Å²) in [5.74, 6) is 0.702. The molecule has 2 aromatic rings. The molecule has 0 heterocycles. The molecule has 0 unspecified atom stereocenters. The number of carbonyl (C=O) groups is 1. The monoisotopic (exact) mass is 460 g/mol. The van der Waals surface area contributed by atoms with Gasteiger partial charge in [-0.1, -0.05) is 91.8 Å². The first kappa shape index (κ1) is 25.7. The molecule has 2 rings (SSSR count). The number of benzene rings is 2. The molecule has 0 aliphatic heterocycles. The van der Waals surface area contributed by atoms with Crippen LogP contribution in [0, 0.1) is 0 Å². The zero-order valence-corrected chi connectivity index (χ0v) is 21.1. The minimum atomic E-state index is -4.39. The van der Waals surface area contributed by atoms with Crippen molar-refractivity contribution >= 4 is 22.0 Å². The van der Waals surface area contributed by atoms with E-state index in [9.17, 15) is 13.2 Å². The first-order valence-corrected chi connectivity index (χ1v) is 12.5. The lowest BCUT2D eigenvalue weighted by molar-refractivity contribution is 0.255. The first-order chi connectivity index (χ1) is 14.8. The van der Waals surface area contributed by atoms with Gasteiger partial charge < -0.3 is 9.50 Å². The molecule has 2 amide bonds. The summed E-state index contributed by atoms with van der Waals surface area (Å²) in [6.07, 6.45) is 0. The van der Waals surface area contributed by atoms with Crippen LogP contribution in [0.15, 0.2) is 36.4 Å². The maximum atomic E-state index is 12.8. The number of carbonyl (C=O) groups excluding carboxylic acids is 1. The zero-order chi connectivity index (χ0) is 24.2. The fourth-order valence-corrected chi connectivity index (χ4v) is 4.39. The summed E-state index contributed by atoms with van der Waals surface area (Å²) >= 11 is 0.